The molecule has 0 fully saturated rings. The Balaban J connectivity index is 1.80. The first-order valence-corrected chi connectivity index (χ1v) is 9.36. The normalized spacial score (nSPS) is 14.1. The van der Waals surface area contributed by atoms with Crippen molar-refractivity contribution >= 4 is 11.4 Å². The number of nitrogens with zero attached hydrogens (tertiary/aromatic N) is 1. The molecule has 3 aromatic rings. The van der Waals surface area contributed by atoms with Crippen molar-refractivity contribution in [3.05, 3.63) is 82.4 Å². The zero-order valence-corrected chi connectivity index (χ0v) is 16.6. The monoisotopic (exact) mass is 341 g/mol. The van der Waals surface area contributed by atoms with Gasteiger partial charge in [0.15, 0.2) is 0 Å². The standard InChI is InChI=1S/C25H27N/c1-16-7-11-21-22-12-10-20(15-24(22)25(4,5)23(21)13-16)26(6)19-9-8-17(2)18(3)14-19/h7-15H,1-6H3. The van der Waals surface area contributed by atoms with Gasteiger partial charge < -0.3 is 4.90 Å². The van der Waals surface area contributed by atoms with E-state index < -0.39 is 0 Å². The summed E-state index contributed by atoms with van der Waals surface area (Å²) in [4.78, 5) is 2.29. The van der Waals surface area contributed by atoms with Gasteiger partial charge in [0.1, 0.15) is 0 Å². The third-order valence-corrected chi connectivity index (χ3v) is 6.08. The molecular weight excluding hydrogens is 314 g/mol. The van der Waals surface area contributed by atoms with Crippen LogP contribution in [-0.2, 0) is 5.41 Å². The Hall–Kier alpha value is -2.54. The average Bonchev–Trinajstić information content (AvgIpc) is 2.84. The van der Waals surface area contributed by atoms with Crippen molar-refractivity contribution in [2.75, 3.05) is 11.9 Å². The first-order valence-electron chi connectivity index (χ1n) is 9.36. The van der Waals surface area contributed by atoms with Crippen LogP contribution < -0.4 is 4.90 Å². The second kappa shape index (κ2) is 5.74. The number of rotatable bonds is 2. The lowest BCUT2D eigenvalue weighted by atomic mass is 9.82. The highest BCUT2D eigenvalue weighted by molar-refractivity contribution is 5.83. The minimum atomic E-state index is 0.0384. The molecule has 1 aliphatic rings. The molecule has 1 nitrogen and oxygen atoms in total. The van der Waals surface area contributed by atoms with Crippen molar-refractivity contribution in [1.82, 2.24) is 0 Å². The summed E-state index contributed by atoms with van der Waals surface area (Å²) in [7, 11) is 2.16. The Bertz CT molecular complexity index is 1010. The van der Waals surface area contributed by atoms with E-state index in [0.717, 1.165) is 0 Å². The maximum absolute atomic E-state index is 2.37. The van der Waals surface area contributed by atoms with Gasteiger partial charge in [0.2, 0.25) is 0 Å². The van der Waals surface area contributed by atoms with E-state index in [2.05, 4.69) is 101 Å². The number of fused-ring (bicyclic) bond motifs is 3. The Labute approximate surface area is 157 Å². The lowest BCUT2D eigenvalue weighted by molar-refractivity contribution is 0.660. The van der Waals surface area contributed by atoms with Crippen molar-refractivity contribution < 1.29 is 0 Å². The van der Waals surface area contributed by atoms with Crippen LogP contribution in [0.1, 0.15) is 41.7 Å². The van der Waals surface area contributed by atoms with Crippen LogP contribution in [0.5, 0.6) is 0 Å². The number of aryl methyl sites for hydroxylation is 3. The molecule has 0 spiro atoms. The Kier molecular flexibility index (Phi) is 3.73. The molecule has 0 N–H and O–H groups in total. The van der Waals surface area contributed by atoms with Crippen LogP contribution in [-0.4, -0.2) is 7.05 Å². The van der Waals surface area contributed by atoms with Gasteiger partial charge >= 0.3 is 0 Å². The second-order valence-electron chi connectivity index (χ2n) is 8.23. The number of hydrogen-bond acceptors (Lipinski definition) is 1. The van der Waals surface area contributed by atoms with Crippen molar-refractivity contribution in [2.45, 2.75) is 40.0 Å². The molecule has 0 amide bonds. The predicted molar refractivity (Wildman–Crippen MR) is 113 cm³/mol. The van der Waals surface area contributed by atoms with Crippen molar-refractivity contribution in [1.29, 1.82) is 0 Å². The van der Waals surface area contributed by atoms with E-state index in [1.54, 1.807) is 0 Å². The lowest BCUT2D eigenvalue weighted by Gasteiger charge is -2.25. The number of hydrogen-bond donors (Lipinski definition) is 0. The topological polar surface area (TPSA) is 3.24 Å². The molecule has 0 aromatic heterocycles. The van der Waals surface area contributed by atoms with Crippen LogP contribution in [0, 0.1) is 20.8 Å². The fraction of sp³-hybridized carbons (Fsp3) is 0.280. The Morgan fingerprint density at radius 1 is 0.654 bits per heavy atom. The summed E-state index contributed by atoms with van der Waals surface area (Å²) in [5.41, 5.74) is 12.1. The summed E-state index contributed by atoms with van der Waals surface area (Å²) in [6.07, 6.45) is 0. The Morgan fingerprint density at radius 3 is 1.92 bits per heavy atom. The minimum Gasteiger partial charge on any atom is -0.345 e. The van der Waals surface area contributed by atoms with Gasteiger partial charge in [-0.25, -0.2) is 0 Å². The van der Waals surface area contributed by atoms with Crippen LogP contribution in [0.15, 0.2) is 54.6 Å². The molecule has 0 heterocycles. The van der Waals surface area contributed by atoms with Gasteiger partial charge in [-0.2, -0.15) is 0 Å². The third kappa shape index (κ3) is 2.46. The van der Waals surface area contributed by atoms with E-state index >= 15 is 0 Å². The van der Waals surface area contributed by atoms with Crippen molar-refractivity contribution in [3.63, 3.8) is 0 Å². The van der Waals surface area contributed by atoms with E-state index in [1.807, 2.05) is 0 Å². The van der Waals surface area contributed by atoms with Gasteiger partial charge in [-0.3, -0.25) is 0 Å². The maximum Gasteiger partial charge on any atom is 0.0411 e. The molecule has 0 radical (unpaired) electrons. The number of anilines is 2. The largest absolute Gasteiger partial charge is 0.345 e. The second-order valence-corrected chi connectivity index (χ2v) is 8.23. The summed E-state index contributed by atoms with van der Waals surface area (Å²) < 4.78 is 0. The molecule has 1 heteroatoms. The fourth-order valence-electron chi connectivity index (χ4n) is 4.13. The van der Waals surface area contributed by atoms with E-state index in [4.69, 9.17) is 0 Å². The van der Waals surface area contributed by atoms with Crippen molar-refractivity contribution in [3.8, 4) is 11.1 Å². The molecule has 4 rings (SSSR count). The average molecular weight is 341 g/mol. The molecule has 0 saturated heterocycles. The summed E-state index contributed by atoms with van der Waals surface area (Å²) in [6.45, 7) is 11.2. The molecule has 132 valence electrons. The molecule has 0 aliphatic heterocycles. The van der Waals surface area contributed by atoms with Crippen LogP contribution in [0.3, 0.4) is 0 Å². The molecule has 0 atom stereocenters. The molecule has 3 aromatic carbocycles. The van der Waals surface area contributed by atoms with Crippen LogP contribution in [0.2, 0.25) is 0 Å². The SMILES string of the molecule is Cc1ccc2c(c1)C(C)(C)c1cc(N(C)c3ccc(C)c(C)c3)ccc1-2. The molecule has 0 bridgehead atoms. The minimum absolute atomic E-state index is 0.0384. The highest BCUT2D eigenvalue weighted by atomic mass is 15.1. The summed E-state index contributed by atoms with van der Waals surface area (Å²) >= 11 is 0. The van der Waals surface area contributed by atoms with Gasteiger partial charge in [-0.15, -0.1) is 0 Å². The van der Waals surface area contributed by atoms with Crippen LogP contribution in [0.4, 0.5) is 11.4 Å². The van der Waals surface area contributed by atoms with Gasteiger partial charge in [0, 0.05) is 23.8 Å². The van der Waals surface area contributed by atoms with Gasteiger partial charge in [0.25, 0.3) is 0 Å². The zero-order chi connectivity index (χ0) is 18.6. The molecular formula is C25H27N. The quantitative estimate of drug-likeness (QED) is 0.502. The third-order valence-electron chi connectivity index (χ3n) is 6.08. The zero-order valence-electron chi connectivity index (χ0n) is 16.6. The number of benzene rings is 3. The van der Waals surface area contributed by atoms with E-state index in [1.165, 1.54) is 50.3 Å². The highest BCUT2D eigenvalue weighted by Gasteiger charge is 2.35. The summed E-state index contributed by atoms with van der Waals surface area (Å²) in [5, 5.41) is 0. The molecule has 26 heavy (non-hydrogen) atoms. The highest BCUT2D eigenvalue weighted by Crippen LogP contribution is 2.50. The molecule has 0 saturated carbocycles. The molecule has 1 aliphatic carbocycles. The maximum atomic E-state index is 2.37. The lowest BCUT2D eigenvalue weighted by Crippen LogP contribution is -2.16. The fourth-order valence-corrected chi connectivity index (χ4v) is 4.13. The first-order chi connectivity index (χ1) is 12.3. The van der Waals surface area contributed by atoms with E-state index in [-0.39, 0.29) is 5.41 Å². The van der Waals surface area contributed by atoms with Gasteiger partial charge in [0.05, 0.1) is 0 Å². The van der Waals surface area contributed by atoms with Gasteiger partial charge in [-0.1, -0.05) is 49.7 Å². The predicted octanol–water partition coefficient (Wildman–Crippen LogP) is 6.69. The smallest absolute Gasteiger partial charge is 0.0411 e. The van der Waals surface area contributed by atoms with Gasteiger partial charge in [-0.05, 0) is 78.4 Å². The van der Waals surface area contributed by atoms with Crippen molar-refractivity contribution in [2.24, 2.45) is 0 Å². The van der Waals surface area contributed by atoms with E-state index in [9.17, 15) is 0 Å². The van der Waals surface area contributed by atoms with Crippen LogP contribution in [0.25, 0.3) is 11.1 Å². The summed E-state index contributed by atoms with van der Waals surface area (Å²) in [5.74, 6) is 0. The van der Waals surface area contributed by atoms with Crippen LogP contribution >= 0.6 is 0 Å². The van der Waals surface area contributed by atoms with E-state index in [0.29, 0.717) is 0 Å². The first kappa shape index (κ1) is 16.9. The molecule has 0 unspecified atom stereocenters. The summed E-state index contributed by atoms with van der Waals surface area (Å²) in [6, 6.07) is 20.5. The Morgan fingerprint density at radius 2 is 1.23 bits per heavy atom.